The maximum Gasteiger partial charge on any atom is 0.338 e. The summed E-state index contributed by atoms with van der Waals surface area (Å²) < 4.78 is 19.6. The molecule has 0 bridgehead atoms. The van der Waals surface area contributed by atoms with Crippen LogP contribution in [0.2, 0.25) is 0 Å². The summed E-state index contributed by atoms with van der Waals surface area (Å²) in [6.07, 6.45) is 4.89. The van der Waals surface area contributed by atoms with Crippen molar-refractivity contribution in [3.05, 3.63) is 83.7 Å². The Hall–Kier alpha value is -2.94. The molecular formula is C29H35FO2. The Kier molecular flexibility index (Phi) is 10.7. The first-order valence-corrected chi connectivity index (χ1v) is 11.8. The number of carbonyl (C=O) groups is 1. The van der Waals surface area contributed by atoms with E-state index < -0.39 is 0 Å². The van der Waals surface area contributed by atoms with Crippen molar-refractivity contribution in [2.75, 3.05) is 6.61 Å². The van der Waals surface area contributed by atoms with E-state index in [9.17, 15) is 9.18 Å². The molecule has 0 aliphatic rings. The van der Waals surface area contributed by atoms with Crippen molar-refractivity contribution in [3.63, 3.8) is 0 Å². The molecule has 0 aliphatic carbocycles. The Morgan fingerprint density at radius 2 is 1.28 bits per heavy atom. The molecule has 3 heteroatoms. The summed E-state index contributed by atoms with van der Waals surface area (Å²) in [5.74, 6) is -0.419. The first-order valence-electron chi connectivity index (χ1n) is 11.8. The fourth-order valence-corrected chi connectivity index (χ4v) is 3.43. The van der Waals surface area contributed by atoms with Crippen LogP contribution < -0.4 is 0 Å². The molecule has 32 heavy (non-hydrogen) atoms. The zero-order valence-electron chi connectivity index (χ0n) is 19.8. The summed E-state index contributed by atoms with van der Waals surface area (Å²) in [6, 6.07) is 21.0. The number of carbonyl (C=O) groups excluding carboxylic acids is 1. The number of esters is 1. The lowest BCUT2D eigenvalue weighted by molar-refractivity contribution is 0.0505. The molecule has 0 amide bonds. The van der Waals surface area contributed by atoms with Crippen molar-refractivity contribution in [1.82, 2.24) is 0 Å². The fourth-order valence-electron chi connectivity index (χ4n) is 3.43. The van der Waals surface area contributed by atoms with Crippen LogP contribution in [0.1, 0.15) is 69.3 Å². The van der Waals surface area contributed by atoms with Crippen LogP contribution in [-0.2, 0) is 11.2 Å². The molecule has 0 atom stereocenters. The van der Waals surface area contributed by atoms with Crippen LogP contribution in [0.5, 0.6) is 0 Å². The molecular weight excluding hydrogens is 399 g/mol. The number of hydrogen-bond donors (Lipinski definition) is 0. The van der Waals surface area contributed by atoms with Gasteiger partial charge in [0.25, 0.3) is 0 Å². The molecule has 170 valence electrons. The van der Waals surface area contributed by atoms with Gasteiger partial charge in [-0.15, -0.1) is 0 Å². The second-order valence-electron chi connectivity index (χ2n) is 7.55. The van der Waals surface area contributed by atoms with Crippen molar-refractivity contribution >= 4 is 5.97 Å². The molecule has 0 N–H and O–H groups in total. The Balaban J connectivity index is 0.00000176. The topological polar surface area (TPSA) is 26.3 Å². The molecule has 0 saturated heterocycles. The van der Waals surface area contributed by atoms with Gasteiger partial charge in [-0.3, -0.25) is 0 Å². The molecule has 0 fully saturated rings. The van der Waals surface area contributed by atoms with E-state index >= 15 is 0 Å². The molecule has 0 aromatic heterocycles. The fraction of sp³-hybridized carbons (Fsp3) is 0.345. The minimum absolute atomic E-state index is 0.127. The minimum Gasteiger partial charge on any atom is -0.462 e. The van der Waals surface area contributed by atoms with Crippen LogP contribution >= 0.6 is 0 Å². The summed E-state index contributed by atoms with van der Waals surface area (Å²) in [7, 11) is 0. The van der Waals surface area contributed by atoms with E-state index in [-0.39, 0.29) is 11.8 Å². The van der Waals surface area contributed by atoms with Gasteiger partial charge in [-0.1, -0.05) is 89.1 Å². The quantitative estimate of drug-likeness (QED) is 0.249. The van der Waals surface area contributed by atoms with Crippen LogP contribution in [-0.4, -0.2) is 12.6 Å². The van der Waals surface area contributed by atoms with Crippen LogP contribution in [0.4, 0.5) is 4.39 Å². The first-order chi connectivity index (χ1) is 15.6. The maximum absolute atomic E-state index is 14.5. The number of ether oxygens (including phenoxy) is 1. The molecule has 3 aromatic carbocycles. The number of benzene rings is 3. The van der Waals surface area contributed by atoms with Crippen molar-refractivity contribution in [3.8, 4) is 22.3 Å². The highest BCUT2D eigenvalue weighted by atomic mass is 19.1. The summed E-state index contributed by atoms with van der Waals surface area (Å²) in [5.41, 5.74) is 5.28. The lowest BCUT2D eigenvalue weighted by Gasteiger charge is -2.08. The molecule has 2 nitrogen and oxygen atoms in total. The first kappa shape index (κ1) is 25.3. The third-order valence-corrected chi connectivity index (χ3v) is 5.21. The van der Waals surface area contributed by atoms with Crippen molar-refractivity contribution < 1.29 is 13.9 Å². The molecule has 0 spiro atoms. The summed E-state index contributed by atoms with van der Waals surface area (Å²) in [6.45, 7) is 8.55. The van der Waals surface area contributed by atoms with Gasteiger partial charge in [-0.2, -0.15) is 0 Å². The largest absolute Gasteiger partial charge is 0.462 e. The number of unbranched alkanes of at least 4 members (excludes halogenated alkanes) is 2. The molecule has 0 saturated carbocycles. The lowest BCUT2D eigenvalue weighted by atomic mass is 9.98. The van der Waals surface area contributed by atoms with Crippen molar-refractivity contribution in [2.24, 2.45) is 0 Å². The SMILES string of the molecule is CC.CCCCCc1ccc(-c2ccc(-c3ccc(C(=O)OCCC)cc3)cc2)cc1F. The van der Waals surface area contributed by atoms with Gasteiger partial charge in [-0.05, 0) is 65.3 Å². The summed E-state index contributed by atoms with van der Waals surface area (Å²) >= 11 is 0. The van der Waals surface area contributed by atoms with E-state index in [2.05, 4.69) is 6.92 Å². The lowest BCUT2D eigenvalue weighted by Crippen LogP contribution is -2.05. The molecule has 3 rings (SSSR count). The number of rotatable bonds is 9. The van der Waals surface area contributed by atoms with Gasteiger partial charge in [0.2, 0.25) is 0 Å². The van der Waals surface area contributed by atoms with Crippen LogP contribution in [0.25, 0.3) is 22.3 Å². The highest BCUT2D eigenvalue weighted by Gasteiger charge is 2.08. The smallest absolute Gasteiger partial charge is 0.338 e. The molecule has 0 unspecified atom stereocenters. The van der Waals surface area contributed by atoms with Crippen molar-refractivity contribution in [2.45, 2.75) is 59.8 Å². The average Bonchev–Trinajstić information content (AvgIpc) is 2.85. The van der Waals surface area contributed by atoms with Crippen LogP contribution in [0.3, 0.4) is 0 Å². The Morgan fingerprint density at radius 1 is 0.750 bits per heavy atom. The highest BCUT2D eigenvalue weighted by Crippen LogP contribution is 2.27. The number of hydrogen-bond acceptors (Lipinski definition) is 2. The van der Waals surface area contributed by atoms with Gasteiger partial charge < -0.3 is 4.74 Å². The molecule has 0 aliphatic heterocycles. The van der Waals surface area contributed by atoms with E-state index in [0.717, 1.165) is 59.9 Å². The Morgan fingerprint density at radius 3 is 1.81 bits per heavy atom. The van der Waals surface area contributed by atoms with Crippen molar-refractivity contribution in [1.29, 1.82) is 0 Å². The van der Waals surface area contributed by atoms with Crippen LogP contribution in [0, 0.1) is 5.82 Å². The monoisotopic (exact) mass is 434 g/mol. The standard InChI is InChI=1S/C27H29FO2.C2H6/c1-3-5-6-7-23-14-17-25(19-26(23)28)22-10-8-20(9-11-22)21-12-15-24(16-13-21)27(29)30-18-4-2;1-2/h8-17,19H,3-7,18H2,1-2H3;1-2H3. The second kappa shape index (κ2) is 13.5. The Bertz CT molecular complexity index is 959. The number of aryl methyl sites for hydroxylation is 1. The van der Waals surface area contributed by atoms with Gasteiger partial charge >= 0.3 is 5.97 Å². The predicted octanol–water partition coefficient (Wildman–Crippen LogP) is 8.49. The third kappa shape index (κ3) is 7.05. The molecule has 3 aromatic rings. The average molecular weight is 435 g/mol. The van der Waals surface area contributed by atoms with Gasteiger partial charge in [0, 0.05) is 0 Å². The predicted molar refractivity (Wildman–Crippen MR) is 132 cm³/mol. The molecule has 0 radical (unpaired) electrons. The molecule has 0 heterocycles. The Labute approximate surface area is 192 Å². The van der Waals surface area contributed by atoms with E-state index in [4.69, 9.17) is 4.74 Å². The van der Waals surface area contributed by atoms with Gasteiger partial charge in [-0.25, -0.2) is 9.18 Å². The second-order valence-corrected chi connectivity index (χ2v) is 7.55. The maximum atomic E-state index is 14.5. The van der Waals surface area contributed by atoms with E-state index in [1.165, 1.54) is 0 Å². The van der Waals surface area contributed by atoms with Gasteiger partial charge in [0.05, 0.1) is 12.2 Å². The minimum atomic E-state index is -0.293. The van der Waals surface area contributed by atoms with E-state index in [0.29, 0.717) is 12.2 Å². The van der Waals surface area contributed by atoms with Gasteiger partial charge in [0.1, 0.15) is 5.82 Å². The highest BCUT2D eigenvalue weighted by molar-refractivity contribution is 5.90. The third-order valence-electron chi connectivity index (χ3n) is 5.21. The number of halogens is 1. The van der Waals surface area contributed by atoms with Gasteiger partial charge in [0.15, 0.2) is 0 Å². The summed E-state index contributed by atoms with van der Waals surface area (Å²) in [4.78, 5) is 11.9. The van der Waals surface area contributed by atoms with Crippen LogP contribution in [0.15, 0.2) is 66.7 Å². The van der Waals surface area contributed by atoms with E-state index in [1.54, 1.807) is 18.2 Å². The summed E-state index contributed by atoms with van der Waals surface area (Å²) in [5, 5.41) is 0. The zero-order chi connectivity index (χ0) is 23.3. The zero-order valence-corrected chi connectivity index (χ0v) is 19.8. The van der Waals surface area contributed by atoms with E-state index in [1.807, 2.05) is 69.3 Å². The normalized spacial score (nSPS) is 10.3.